The number of anilines is 1. The van der Waals surface area contributed by atoms with E-state index in [0.717, 1.165) is 23.0 Å². The molecule has 3 aromatic rings. The van der Waals surface area contributed by atoms with Crippen molar-refractivity contribution in [2.24, 2.45) is 7.05 Å². The maximum atomic E-state index is 13.2. The van der Waals surface area contributed by atoms with Gasteiger partial charge < -0.3 is 15.0 Å². The molecule has 2 aromatic carbocycles. The summed E-state index contributed by atoms with van der Waals surface area (Å²) >= 11 is 0. The van der Waals surface area contributed by atoms with Gasteiger partial charge >= 0.3 is 5.69 Å². The molecular weight excluding hydrogens is 346 g/mol. The Balaban J connectivity index is 1.82. The second-order valence-electron chi connectivity index (χ2n) is 6.74. The van der Waals surface area contributed by atoms with Crippen LogP contribution >= 0.6 is 0 Å². The molecule has 1 amide bonds. The maximum Gasteiger partial charge on any atom is 0.328 e. The minimum atomic E-state index is -0.526. The van der Waals surface area contributed by atoms with Crippen LogP contribution in [0.5, 0.6) is 5.75 Å². The van der Waals surface area contributed by atoms with Crippen LogP contribution in [0.15, 0.2) is 46.0 Å². The van der Waals surface area contributed by atoms with Crippen LogP contribution in [0.4, 0.5) is 5.69 Å². The fraction of sp³-hybridized carbons (Fsp3) is 0.250. The van der Waals surface area contributed by atoms with Crippen molar-refractivity contribution in [1.29, 1.82) is 0 Å². The number of carbonyl (C=O) groups excluding carboxylic acids is 1. The Labute approximate surface area is 154 Å². The molecule has 0 radical (unpaired) electrons. The number of aromatic nitrogens is 2. The van der Waals surface area contributed by atoms with Crippen molar-refractivity contribution in [3.63, 3.8) is 0 Å². The average Bonchev–Trinajstić information content (AvgIpc) is 2.89. The molecule has 0 bridgehead atoms. The summed E-state index contributed by atoms with van der Waals surface area (Å²) in [5.74, 6) is -0.0364. The smallest absolute Gasteiger partial charge is 0.328 e. The Morgan fingerprint density at radius 2 is 1.96 bits per heavy atom. The minimum absolute atomic E-state index is 0.193. The molecule has 0 spiro atoms. The van der Waals surface area contributed by atoms with Crippen LogP contribution in [-0.4, -0.2) is 27.1 Å². The molecule has 2 heterocycles. The summed E-state index contributed by atoms with van der Waals surface area (Å²) in [5, 5.41) is 10.5. The Morgan fingerprint density at radius 1 is 1.15 bits per heavy atom. The number of fused-ring (bicyclic) bond motifs is 2. The summed E-state index contributed by atoms with van der Waals surface area (Å²) in [6.07, 6.45) is 2.42. The van der Waals surface area contributed by atoms with E-state index in [2.05, 4.69) is 4.98 Å². The van der Waals surface area contributed by atoms with Crippen LogP contribution in [-0.2, 0) is 13.5 Å². The molecule has 0 saturated carbocycles. The van der Waals surface area contributed by atoms with Crippen molar-refractivity contribution in [3.05, 3.63) is 68.4 Å². The normalized spacial score (nSPS) is 14.0. The number of rotatable bonds is 1. The van der Waals surface area contributed by atoms with Gasteiger partial charge in [0, 0.05) is 24.7 Å². The first-order chi connectivity index (χ1) is 13.0. The molecule has 0 unspecified atom stereocenters. The lowest BCUT2D eigenvalue weighted by Crippen LogP contribution is -2.33. The second kappa shape index (κ2) is 6.42. The number of H-pyrrole nitrogens is 1. The summed E-state index contributed by atoms with van der Waals surface area (Å²) in [4.78, 5) is 41.5. The van der Waals surface area contributed by atoms with Crippen molar-refractivity contribution in [3.8, 4) is 5.75 Å². The van der Waals surface area contributed by atoms with Gasteiger partial charge in [-0.15, -0.1) is 0 Å². The standard InChI is InChI=1S/C20H19N3O4/c1-22-19(26)13-9-8-12(11-15(13)21-20(22)27)18(25)23-10-3-2-5-14-16(23)6-4-7-17(14)24/h4,6-9,11,24H,2-3,5,10H2,1H3,(H,21,27). The number of nitrogens with zero attached hydrogens (tertiary/aromatic N) is 2. The summed E-state index contributed by atoms with van der Waals surface area (Å²) in [6, 6.07) is 9.87. The van der Waals surface area contributed by atoms with Crippen molar-refractivity contribution in [2.75, 3.05) is 11.4 Å². The van der Waals surface area contributed by atoms with Gasteiger partial charge in [-0.2, -0.15) is 0 Å². The van der Waals surface area contributed by atoms with E-state index < -0.39 is 11.2 Å². The lowest BCUT2D eigenvalue weighted by Gasteiger charge is -2.23. The number of amides is 1. The number of benzene rings is 2. The Kier molecular flexibility index (Phi) is 4.07. The van der Waals surface area contributed by atoms with Crippen molar-refractivity contribution < 1.29 is 9.90 Å². The quantitative estimate of drug-likeness (QED) is 0.689. The lowest BCUT2D eigenvalue weighted by molar-refractivity contribution is 0.0987. The lowest BCUT2D eigenvalue weighted by atomic mass is 10.1. The molecule has 1 aliphatic heterocycles. The predicted molar refractivity (Wildman–Crippen MR) is 103 cm³/mol. The highest BCUT2D eigenvalue weighted by molar-refractivity contribution is 6.08. The second-order valence-corrected chi connectivity index (χ2v) is 6.74. The van der Waals surface area contributed by atoms with Gasteiger partial charge in [0.2, 0.25) is 0 Å². The summed E-state index contributed by atoms with van der Waals surface area (Å²) in [7, 11) is 1.40. The SMILES string of the molecule is Cn1c(=O)[nH]c2cc(C(=O)N3CCCCc4c(O)cccc43)ccc2c1=O. The van der Waals surface area contributed by atoms with Crippen LogP contribution in [0.2, 0.25) is 0 Å². The van der Waals surface area contributed by atoms with E-state index in [1.807, 2.05) is 6.07 Å². The Hall–Kier alpha value is -3.35. The van der Waals surface area contributed by atoms with E-state index in [1.54, 1.807) is 29.2 Å². The maximum absolute atomic E-state index is 13.2. The van der Waals surface area contributed by atoms with E-state index in [4.69, 9.17) is 0 Å². The summed E-state index contributed by atoms with van der Waals surface area (Å²) in [6.45, 7) is 0.542. The summed E-state index contributed by atoms with van der Waals surface area (Å²) < 4.78 is 0.998. The number of nitrogens with one attached hydrogen (secondary N) is 1. The fourth-order valence-corrected chi connectivity index (χ4v) is 3.57. The molecule has 138 valence electrons. The van der Waals surface area contributed by atoms with Crippen LogP contribution < -0.4 is 16.1 Å². The van der Waals surface area contributed by atoms with Gasteiger partial charge in [0.05, 0.1) is 16.6 Å². The van der Waals surface area contributed by atoms with Gasteiger partial charge in [-0.05, 0) is 49.6 Å². The highest BCUT2D eigenvalue weighted by atomic mass is 16.3. The third-order valence-electron chi connectivity index (χ3n) is 5.07. The van der Waals surface area contributed by atoms with E-state index in [9.17, 15) is 19.5 Å². The van der Waals surface area contributed by atoms with Gasteiger partial charge in [0.1, 0.15) is 5.75 Å². The zero-order valence-corrected chi connectivity index (χ0v) is 14.9. The zero-order chi connectivity index (χ0) is 19.1. The van der Waals surface area contributed by atoms with E-state index in [1.165, 1.54) is 13.1 Å². The molecule has 1 aromatic heterocycles. The summed E-state index contributed by atoms with van der Waals surface area (Å²) in [5.41, 5.74) is 1.25. The largest absolute Gasteiger partial charge is 0.508 e. The van der Waals surface area contributed by atoms with E-state index in [-0.39, 0.29) is 11.7 Å². The number of hydrogen-bond donors (Lipinski definition) is 2. The molecule has 0 fully saturated rings. The van der Waals surface area contributed by atoms with Crippen LogP contribution in [0.25, 0.3) is 10.9 Å². The van der Waals surface area contributed by atoms with E-state index >= 15 is 0 Å². The zero-order valence-electron chi connectivity index (χ0n) is 14.9. The van der Waals surface area contributed by atoms with Crippen LogP contribution in [0.3, 0.4) is 0 Å². The van der Waals surface area contributed by atoms with E-state index in [0.29, 0.717) is 35.1 Å². The fourth-order valence-electron chi connectivity index (χ4n) is 3.57. The molecule has 4 rings (SSSR count). The first kappa shape index (κ1) is 17.1. The number of carbonyl (C=O) groups is 1. The predicted octanol–water partition coefficient (Wildman–Crippen LogP) is 1.92. The molecule has 7 nitrogen and oxygen atoms in total. The molecule has 0 atom stereocenters. The Morgan fingerprint density at radius 3 is 2.78 bits per heavy atom. The molecule has 2 N–H and O–H groups in total. The first-order valence-electron chi connectivity index (χ1n) is 8.83. The van der Waals surface area contributed by atoms with Gasteiger partial charge in [-0.1, -0.05) is 6.07 Å². The van der Waals surface area contributed by atoms with Crippen molar-refractivity contribution in [2.45, 2.75) is 19.3 Å². The average molecular weight is 365 g/mol. The number of aromatic hydroxyl groups is 1. The topological polar surface area (TPSA) is 95.4 Å². The highest BCUT2D eigenvalue weighted by Gasteiger charge is 2.24. The number of hydrogen-bond acceptors (Lipinski definition) is 4. The van der Waals surface area contributed by atoms with Gasteiger partial charge in [-0.3, -0.25) is 14.2 Å². The monoisotopic (exact) mass is 365 g/mol. The Bertz CT molecular complexity index is 1180. The van der Waals surface area contributed by atoms with Gasteiger partial charge in [0.25, 0.3) is 11.5 Å². The molecular formula is C20H19N3O4. The highest BCUT2D eigenvalue weighted by Crippen LogP contribution is 2.33. The molecule has 27 heavy (non-hydrogen) atoms. The first-order valence-corrected chi connectivity index (χ1v) is 8.83. The molecule has 0 saturated heterocycles. The van der Waals surface area contributed by atoms with Gasteiger partial charge in [0.15, 0.2) is 0 Å². The number of phenols is 1. The third kappa shape index (κ3) is 2.81. The molecule has 0 aliphatic carbocycles. The minimum Gasteiger partial charge on any atom is -0.508 e. The van der Waals surface area contributed by atoms with Crippen molar-refractivity contribution >= 4 is 22.5 Å². The number of aromatic amines is 1. The molecule has 1 aliphatic rings. The van der Waals surface area contributed by atoms with Crippen LogP contribution in [0, 0.1) is 0 Å². The number of phenolic OH excluding ortho intramolecular Hbond substituents is 1. The molecule has 7 heteroatoms. The van der Waals surface area contributed by atoms with Gasteiger partial charge in [-0.25, -0.2) is 4.79 Å². The van der Waals surface area contributed by atoms with Crippen LogP contribution in [0.1, 0.15) is 28.8 Å². The third-order valence-corrected chi connectivity index (χ3v) is 5.07. The van der Waals surface area contributed by atoms with Crippen molar-refractivity contribution in [1.82, 2.24) is 9.55 Å².